The van der Waals surface area contributed by atoms with Gasteiger partial charge in [0.1, 0.15) is 10.6 Å². The predicted molar refractivity (Wildman–Crippen MR) is 92.5 cm³/mol. The first-order valence-electron chi connectivity index (χ1n) is 7.25. The first-order valence-corrected chi connectivity index (χ1v) is 10.5. The van der Waals surface area contributed by atoms with Crippen molar-refractivity contribution in [2.24, 2.45) is 0 Å². The van der Waals surface area contributed by atoms with E-state index in [0.717, 1.165) is 11.8 Å². The van der Waals surface area contributed by atoms with Gasteiger partial charge in [-0.3, -0.25) is 0 Å². The Kier molecular flexibility index (Phi) is 4.79. The highest BCUT2D eigenvalue weighted by molar-refractivity contribution is 7.90. The van der Waals surface area contributed by atoms with Crippen molar-refractivity contribution in [3.05, 3.63) is 54.1 Å². The van der Waals surface area contributed by atoms with Gasteiger partial charge in [0.2, 0.25) is 0 Å². The Morgan fingerprint density at radius 2 is 1.21 bits per heavy atom. The third-order valence-electron chi connectivity index (χ3n) is 3.47. The first-order chi connectivity index (χ1) is 10.9. The highest BCUT2D eigenvalue weighted by atomic mass is 32.2. The van der Waals surface area contributed by atoms with Gasteiger partial charge in [-0.15, -0.1) is 0 Å². The molecule has 0 radical (unpaired) electrons. The molecule has 0 atom stereocenters. The minimum atomic E-state index is -4.02. The van der Waals surface area contributed by atoms with Crippen LogP contribution in [0.5, 0.6) is 5.75 Å². The van der Waals surface area contributed by atoms with Crippen molar-refractivity contribution in [2.75, 3.05) is 6.26 Å². The highest BCUT2D eigenvalue weighted by Gasteiger charge is 2.19. The summed E-state index contributed by atoms with van der Waals surface area (Å²) in [4.78, 5) is -0.0502. The summed E-state index contributed by atoms with van der Waals surface area (Å²) in [5, 5.41) is 0. The Hall–Kier alpha value is -1.86. The minimum Gasteiger partial charge on any atom is -0.379 e. The van der Waals surface area contributed by atoms with Gasteiger partial charge in [0.15, 0.2) is 9.84 Å². The van der Waals surface area contributed by atoms with E-state index in [1.165, 1.54) is 24.3 Å². The summed E-state index contributed by atoms with van der Waals surface area (Å²) in [6.07, 6.45) is 1.06. The zero-order chi connectivity index (χ0) is 18.2. The number of hydrogen-bond donors (Lipinski definition) is 0. The van der Waals surface area contributed by atoms with E-state index in [9.17, 15) is 16.8 Å². The monoisotopic (exact) mass is 368 g/mol. The van der Waals surface area contributed by atoms with E-state index in [1.807, 2.05) is 12.1 Å². The number of hydrogen-bond acceptors (Lipinski definition) is 5. The van der Waals surface area contributed by atoms with Gasteiger partial charge in [-0.2, -0.15) is 8.42 Å². The predicted octanol–water partition coefficient (Wildman–Crippen LogP) is 3.16. The molecule has 0 aliphatic rings. The number of sulfone groups is 1. The molecule has 24 heavy (non-hydrogen) atoms. The minimum absolute atomic E-state index is 0.0428. The summed E-state index contributed by atoms with van der Waals surface area (Å²) in [6.45, 7) is 6.18. The maximum absolute atomic E-state index is 12.3. The van der Waals surface area contributed by atoms with Gasteiger partial charge in [-0.25, -0.2) is 8.42 Å². The summed E-state index contributed by atoms with van der Waals surface area (Å²) < 4.78 is 52.5. The molecule has 0 unspecified atom stereocenters. The fourth-order valence-electron chi connectivity index (χ4n) is 2.04. The first kappa shape index (κ1) is 18.5. The van der Waals surface area contributed by atoms with Crippen molar-refractivity contribution in [2.45, 2.75) is 36.0 Å². The fourth-order valence-corrected chi connectivity index (χ4v) is 3.60. The number of rotatable bonds is 4. The Morgan fingerprint density at radius 3 is 1.62 bits per heavy atom. The van der Waals surface area contributed by atoms with E-state index in [2.05, 4.69) is 20.8 Å². The highest BCUT2D eigenvalue weighted by Crippen LogP contribution is 2.26. The molecule has 0 aromatic heterocycles. The van der Waals surface area contributed by atoms with Crippen LogP contribution in [-0.2, 0) is 25.4 Å². The second-order valence-corrected chi connectivity index (χ2v) is 10.1. The molecule has 7 heteroatoms. The third-order valence-corrected chi connectivity index (χ3v) is 5.86. The zero-order valence-corrected chi connectivity index (χ0v) is 15.6. The molecule has 0 aliphatic carbocycles. The molecule has 0 spiro atoms. The van der Waals surface area contributed by atoms with Gasteiger partial charge in [-0.1, -0.05) is 32.9 Å². The molecule has 2 aromatic carbocycles. The molecule has 0 amide bonds. The summed E-state index contributed by atoms with van der Waals surface area (Å²) in [6, 6.07) is 11.8. The fraction of sp³-hybridized carbons (Fsp3) is 0.294. The molecular formula is C17H20O5S2. The molecule has 5 nitrogen and oxygen atoms in total. The van der Waals surface area contributed by atoms with Crippen molar-refractivity contribution >= 4 is 20.0 Å². The molecule has 0 aliphatic heterocycles. The number of benzene rings is 2. The molecular weight excluding hydrogens is 348 g/mol. The second-order valence-electron chi connectivity index (χ2n) is 6.56. The van der Waals surface area contributed by atoms with Gasteiger partial charge in [0.25, 0.3) is 0 Å². The van der Waals surface area contributed by atoms with Crippen LogP contribution in [0, 0.1) is 0 Å². The van der Waals surface area contributed by atoms with Crippen molar-refractivity contribution in [3.63, 3.8) is 0 Å². The van der Waals surface area contributed by atoms with E-state index in [-0.39, 0.29) is 21.0 Å². The smallest absolute Gasteiger partial charge is 0.339 e. The van der Waals surface area contributed by atoms with Gasteiger partial charge in [0, 0.05) is 6.26 Å². The quantitative estimate of drug-likeness (QED) is 0.775. The largest absolute Gasteiger partial charge is 0.379 e. The molecule has 0 bridgehead atoms. The lowest BCUT2D eigenvalue weighted by Crippen LogP contribution is -2.12. The van der Waals surface area contributed by atoms with E-state index < -0.39 is 20.0 Å². The van der Waals surface area contributed by atoms with Gasteiger partial charge in [-0.05, 0) is 47.4 Å². The van der Waals surface area contributed by atoms with E-state index in [0.29, 0.717) is 0 Å². The Morgan fingerprint density at radius 1 is 0.750 bits per heavy atom. The Bertz CT molecular complexity index is 918. The van der Waals surface area contributed by atoms with E-state index in [4.69, 9.17) is 4.18 Å². The zero-order valence-electron chi connectivity index (χ0n) is 14.0. The average molecular weight is 368 g/mol. The van der Waals surface area contributed by atoms with Crippen molar-refractivity contribution in [1.82, 2.24) is 0 Å². The Balaban J connectivity index is 2.25. The van der Waals surface area contributed by atoms with Crippen LogP contribution in [0.1, 0.15) is 26.3 Å². The standard InChI is InChI=1S/C17H20O5S2/c1-17(2,3)13-5-7-14(8-6-13)22-24(20,21)16-11-9-15(10-12-16)23(4,18)19/h5-12H,1-4H3. The van der Waals surface area contributed by atoms with Crippen molar-refractivity contribution in [1.29, 1.82) is 0 Å². The van der Waals surface area contributed by atoms with Crippen LogP contribution in [0.2, 0.25) is 0 Å². The van der Waals surface area contributed by atoms with Gasteiger partial charge >= 0.3 is 10.1 Å². The molecule has 130 valence electrons. The molecule has 2 rings (SSSR count). The normalized spacial score (nSPS) is 12.8. The molecule has 2 aromatic rings. The average Bonchev–Trinajstić information content (AvgIpc) is 2.46. The van der Waals surface area contributed by atoms with Crippen LogP contribution in [0.4, 0.5) is 0 Å². The third kappa shape index (κ3) is 4.36. The summed E-state index contributed by atoms with van der Waals surface area (Å²) in [5.74, 6) is 0.204. The molecule has 0 heterocycles. The van der Waals surface area contributed by atoms with Gasteiger partial charge < -0.3 is 4.18 Å². The molecule has 0 saturated heterocycles. The van der Waals surface area contributed by atoms with Crippen LogP contribution in [-0.4, -0.2) is 23.1 Å². The van der Waals surface area contributed by atoms with E-state index >= 15 is 0 Å². The molecule has 0 saturated carbocycles. The van der Waals surface area contributed by atoms with Crippen LogP contribution >= 0.6 is 0 Å². The van der Waals surface area contributed by atoms with Crippen molar-refractivity contribution < 1.29 is 21.0 Å². The van der Waals surface area contributed by atoms with Crippen LogP contribution in [0.15, 0.2) is 58.3 Å². The van der Waals surface area contributed by atoms with Crippen LogP contribution in [0.25, 0.3) is 0 Å². The Labute approximate surface area is 143 Å². The van der Waals surface area contributed by atoms with Gasteiger partial charge in [0.05, 0.1) is 4.90 Å². The van der Waals surface area contributed by atoms with Crippen molar-refractivity contribution in [3.8, 4) is 5.75 Å². The lowest BCUT2D eigenvalue weighted by atomic mass is 9.87. The lowest BCUT2D eigenvalue weighted by Gasteiger charge is -2.19. The second kappa shape index (κ2) is 6.22. The lowest BCUT2D eigenvalue weighted by molar-refractivity contribution is 0.485. The summed E-state index contributed by atoms with van der Waals surface area (Å²) >= 11 is 0. The molecule has 0 N–H and O–H groups in total. The van der Waals surface area contributed by atoms with Crippen LogP contribution in [0.3, 0.4) is 0 Å². The van der Waals surface area contributed by atoms with E-state index in [1.54, 1.807) is 12.1 Å². The summed E-state index contributed by atoms with van der Waals surface area (Å²) in [7, 11) is -7.40. The maximum atomic E-state index is 12.3. The van der Waals surface area contributed by atoms with Crippen LogP contribution < -0.4 is 4.18 Å². The molecule has 0 fully saturated rings. The topological polar surface area (TPSA) is 77.5 Å². The maximum Gasteiger partial charge on any atom is 0.339 e. The summed E-state index contributed by atoms with van der Waals surface area (Å²) in [5.41, 5.74) is 1.02. The SMILES string of the molecule is CC(C)(C)c1ccc(OS(=O)(=O)c2ccc(S(C)(=O)=O)cc2)cc1.